The fourth-order valence-electron chi connectivity index (χ4n) is 1.14. The van der Waals surface area contributed by atoms with Gasteiger partial charge in [0.1, 0.15) is 11.0 Å². The van der Waals surface area contributed by atoms with E-state index in [0.29, 0.717) is 0 Å². The second-order valence-electron chi connectivity index (χ2n) is 4.88. The second-order valence-corrected chi connectivity index (χ2v) is 10.7. The molecule has 0 saturated carbocycles. The van der Waals surface area contributed by atoms with Gasteiger partial charge in [0.05, 0.1) is 20.0 Å². The van der Waals surface area contributed by atoms with Crippen LogP contribution in [0.25, 0.3) is 11.0 Å². The average molecular weight is 355 g/mol. The molecule has 0 bridgehead atoms. The van der Waals surface area contributed by atoms with Crippen LogP contribution in [-0.4, -0.2) is 35.2 Å². The summed E-state index contributed by atoms with van der Waals surface area (Å²) in [4.78, 5) is 1.52. The van der Waals surface area contributed by atoms with Crippen molar-refractivity contribution in [2.75, 3.05) is 20.0 Å². The fourth-order valence-corrected chi connectivity index (χ4v) is 1.72. The molecular formula is C9H13F6N3OP2. The summed E-state index contributed by atoms with van der Waals surface area (Å²) >= 11 is 0. The summed E-state index contributed by atoms with van der Waals surface area (Å²) in [7, 11) is -12.0. The van der Waals surface area contributed by atoms with Crippen molar-refractivity contribution < 1.29 is 29.8 Å². The Kier molecular flexibility index (Phi) is 3.99. The summed E-state index contributed by atoms with van der Waals surface area (Å²) in [6.07, 6.45) is 0. The van der Waals surface area contributed by atoms with Gasteiger partial charge in [0.25, 0.3) is 0 Å². The minimum atomic E-state index is -10.7. The Bertz CT molecular complexity index is 622. The predicted molar refractivity (Wildman–Crippen MR) is 72.4 cm³/mol. The maximum absolute atomic E-state index is 10.7. The van der Waals surface area contributed by atoms with E-state index in [9.17, 15) is 25.2 Å². The number of benzene rings is 1. The molecule has 0 aliphatic carbocycles. The summed E-state index contributed by atoms with van der Waals surface area (Å²) in [5.74, 6) is 0. The van der Waals surface area contributed by atoms with Crippen LogP contribution < -0.4 is 4.62 Å². The summed E-state index contributed by atoms with van der Waals surface area (Å²) in [6.45, 7) is 6.26. The first-order valence-corrected chi connectivity index (χ1v) is 10.5. The van der Waals surface area contributed by atoms with E-state index in [-0.39, 0.29) is 0 Å². The van der Waals surface area contributed by atoms with Crippen LogP contribution in [0.4, 0.5) is 25.2 Å². The standard InChI is InChI=1S/C9H13N3OP.F6P/c1-14(2,3)13-12-9-7-5-4-6-8(9)10-11-12;1-7(2,3,4,5)6/h4-7H,1-3H3;/q+1;-1. The molecule has 122 valence electrons. The third-order valence-corrected chi connectivity index (χ3v) is 2.29. The topological polar surface area (TPSA) is 39.9 Å². The van der Waals surface area contributed by atoms with Gasteiger partial charge in [-0.05, 0) is 22.2 Å². The minimum absolute atomic E-state index is 0.862. The van der Waals surface area contributed by atoms with Gasteiger partial charge >= 0.3 is 33.0 Å². The Hall–Kier alpha value is -1.14. The molecule has 1 aromatic heterocycles. The van der Waals surface area contributed by atoms with E-state index in [0.717, 1.165) is 11.0 Å². The van der Waals surface area contributed by atoms with Gasteiger partial charge in [-0.2, -0.15) is 0 Å². The number of hydrogen-bond donors (Lipinski definition) is 0. The van der Waals surface area contributed by atoms with Gasteiger partial charge in [-0.1, -0.05) is 12.1 Å². The van der Waals surface area contributed by atoms with Gasteiger partial charge in [-0.15, -0.1) is 5.10 Å². The molecule has 0 aliphatic heterocycles. The van der Waals surface area contributed by atoms with Crippen molar-refractivity contribution in [3.05, 3.63) is 24.3 Å². The third-order valence-electron chi connectivity index (χ3n) is 1.64. The monoisotopic (exact) mass is 355 g/mol. The van der Waals surface area contributed by atoms with Crippen LogP contribution in [0.3, 0.4) is 0 Å². The molecule has 0 unspecified atom stereocenters. The van der Waals surface area contributed by atoms with Gasteiger partial charge in [-0.3, -0.25) is 0 Å². The molecule has 0 N–H and O–H groups in total. The molecular weight excluding hydrogens is 342 g/mol. The van der Waals surface area contributed by atoms with Crippen molar-refractivity contribution in [3.8, 4) is 0 Å². The first-order chi connectivity index (χ1) is 9.01. The van der Waals surface area contributed by atoms with Gasteiger partial charge in [0.15, 0.2) is 0 Å². The van der Waals surface area contributed by atoms with Crippen molar-refractivity contribution >= 4 is 26.3 Å². The normalized spacial score (nSPS) is 15.7. The molecule has 1 aromatic carbocycles. The summed E-state index contributed by atoms with van der Waals surface area (Å²) < 4.78 is 64.9. The molecule has 12 heteroatoms. The van der Waals surface area contributed by atoms with E-state index in [1.54, 1.807) is 0 Å². The van der Waals surface area contributed by atoms with Crippen molar-refractivity contribution in [1.82, 2.24) is 15.2 Å². The van der Waals surface area contributed by atoms with Crippen LogP contribution >= 0.6 is 15.3 Å². The van der Waals surface area contributed by atoms with Crippen LogP contribution in [0, 0.1) is 0 Å². The van der Waals surface area contributed by atoms with Crippen molar-refractivity contribution in [3.63, 3.8) is 0 Å². The number of aromatic nitrogens is 3. The Balaban J connectivity index is 0.000000270. The van der Waals surface area contributed by atoms with Gasteiger partial charge in [0, 0.05) is 0 Å². The number of rotatable bonds is 2. The predicted octanol–water partition coefficient (Wildman–Crippen LogP) is 5.06. The molecule has 0 saturated heterocycles. The molecule has 0 fully saturated rings. The zero-order valence-corrected chi connectivity index (χ0v) is 13.0. The first kappa shape index (κ1) is 17.9. The molecule has 0 aliphatic rings. The second kappa shape index (κ2) is 4.68. The summed E-state index contributed by atoms with van der Waals surface area (Å²) in [5, 5.41) is 7.96. The Morgan fingerprint density at radius 3 is 1.95 bits per heavy atom. The zero-order chi connectivity index (χ0) is 16.6. The van der Waals surface area contributed by atoms with E-state index < -0.39 is 15.3 Å². The Morgan fingerprint density at radius 1 is 1.00 bits per heavy atom. The maximum atomic E-state index is 9.87. The molecule has 1 heterocycles. The van der Waals surface area contributed by atoms with Gasteiger partial charge in [0.2, 0.25) is 7.49 Å². The molecule has 0 atom stereocenters. The van der Waals surface area contributed by atoms with Crippen molar-refractivity contribution in [2.45, 2.75) is 0 Å². The van der Waals surface area contributed by atoms with Crippen molar-refractivity contribution in [2.24, 2.45) is 0 Å². The molecule has 0 amide bonds. The van der Waals surface area contributed by atoms with Crippen LogP contribution in [0.1, 0.15) is 0 Å². The first-order valence-electron chi connectivity index (χ1n) is 5.40. The van der Waals surface area contributed by atoms with Crippen molar-refractivity contribution in [1.29, 1.82) is 0 Å². The van der Waals surface area contributed by atoms with E-state index in [4.69, 9.17) is 4.62 Å². The van der Waals surface area contributed by atoms with E-state index >= 15 is 0 Å². The molecule has 0 radical (unpaired) electrons. The molecule has 21 heavy (non-hydrogen) atoms. The molecule has 0 spiro atoms. The van der Waals surface area contributed by atoms with Gasteiger partial charge in [-0.25, -0.2) is 4.62 Å². The number of halogens is 6. The quantitative estimate of drug-likeness (QED) is 0.558. The summed E-state index contributed by atoms with van der Waals surface area (Å²) in [6, 6.07) is 7.76. The number of fused-ring (bicyclic) bond motifs is 1. The number of nitrogens with zero attached hydrogens (tertiary/aromatic N) is 3. The molecule has 4 nitrogen and oxygen atoms in total. The third kappa shape index (κ3) is 9.42. The fraction of sp³-hybridized carbons (Fsp3) is 0.333. The van der Waals surface area contributed by atoms with E-state index in [2.05, 4.69) is 30.3 Å². The van der Waals surface area contributed by atoms with Crippen LogP contribution in [-0.2, 0) is 0 Å². The van der Waals surface area contributed by atoms with Crippen LogP contribution in [0.5, 0.6) is 0 Å². The molecule has 2 rings (SSSR count). The SMILES string of the molecule is C[P+](C)(C)On1nnc2ccccc21.F[P-](F)(F)(F)(F)F. The van der Waals surface area contributed by atoms with Crippen LogP contribution in [0.2, 0.25) is 0 Å². The Morgan fingerprint density at radius 2 is 1.48 bits per heavy atom. The Labute approximate surface area is 116 Å². The number of para-hydroxylation sites is 1. The summed E-state index contributed by atoms with van der Waals surface area (Å²) in [5.41, 5.74) is 1.78. The van der Waals surface area contributed by atoms with E-state index in [1.807, 2.05) is 24.3 Å². The number of hydrogen-bond acceptors (Lipinski definition) is 3. The zero-order valence-electron chi connectivity index (χ0n) is 11.2. The average Bonchev–Trinajstić information content (AvgIpc) is 2.55. The molecule has 2 aromatic rings. The van der Waals surface area contributed by atoms with Crippen LogP contribution in [0.15, 0.2) is 24.3 Å². The van der Waals surface area contributed by atoms with Gasteiger partial charge < -0.3 is 0 Å². The van der Waals surface area contributed by atoms with E-state index in [1.165, 1.54) is 4.85 Å².